The molecular formula is C18H15NO. The lowest BCUT2D eigenvalue weighted by Gasteiger charge is -2.08. The Morgan fingerprint density at radius 1 is 1.05 bits per heavy atom. The van der Waals surface area contributed by atoms with E-state index in [1.807, 2.05) is 48.5 Å². The predicted octanol–water partition coefficient (Wildman–Crippen LogP) is 3.67. The van der Waals surface area contributed by atoms with Gasteiger partial charge in [-0.1, -0.05) is 60.7 Å². The Morgan fingerprint density at radius 3 is 2.25 bits per heavy atom. The van der Waals surface area contributed by atoms with E-state index in [0.29, 0.717) is 5.92 Å². The van der Waals surface area contributed by atoms with Gasteiger partial charge in [0, 0.05) is 5.92 Å². The summed E-state index contributed by atoms with van der Waals surface area (Å²) in [4.78, 5) is 12.5. The number of ketones is 1. The molecule has 2 aromatic carbocycles. The van der Waals surface area contributed by atoms with Gasteiger partial charge in [-0.05, 0) is 23.5 Å². The molecule has 3 unspecified atom stereocenters. The Morgan fingerprint density at radius 2 is 1.65 bits per heavy atom. The highest BCUT2D eigenvalue weighted by Gasteiger charge is 2.46. The van der Waals surface area contributed by atoms with Crippen LogP contribution < -0.4 is 0 Å². The van der Waals surface area contributed by atoms with Crippen molar-refractivity contribution in [2.75, 3.05) is 0 Å². The third kappa shape index (κ3) is 2.35. The largest absolute Gasteiger partial charge is 0.298 e. The van der Waals surface area contributed by atoms with Crippen molar-refractivity contribution in [3.05, 3.63) is 71.8 Å². The molecule has 1 saturated carbocycles. The zero-order valence-electron chi connectivity index (χ0n) is 11.1. The molecule has 1 aliphatic carbocycles. The smallest absolute Gasteiger partial charge is 0.158 e. The van der Waals surface area contributed by atoms with Crippen molar-refractivity contribution in [1.82, 2.24) is 0 Å². The average molecular weight is 261 g/mol. The van der Waals surface area contributed by atoms with Gasteiger partial charge in [0.15, 0.2) is 5.78 Å². The third-order valence-electron chi connectivity index (χ3n) is 3.93. The molecular weight excluding hydrogens is 246 g/mol. The summed E-state index contributed by atoms with van der Waals surface area (Å²) >= 11 is 0. The molecule has 0 amide bonds. The molecule has 0 heterocycles. The SMILES string of the molecule is N#CC(C(=O)C1CC1c1ccccc1)c1ccccc1. The van der Waals surface area contributed by atoms with E-state index >= 15 is 0 Å². The van der Waals surface area contributed by atoms with Crippen LogP contribution in [0.4, 0.5) is 0 Å². The monoisotopic (exact) mass is 261 g/mol. The number of hydrogen-bond acceptors (Lipinski definition) is 2. The van der Waals surface area contributed by atoms with Gasteiger partial charge in [-0.25, -0.2) is 0 Å². The fourth-order valence-corrected chi connectivity index (χ4v) is 2.74. The maximum absolute atomic E-state index is 12.5. The number of benzene rings is 2. The molecule has 2 heteroatoms. The van der Waals surface area contributed by atoms with Crippen LogP contribution in [0.1, 0.15) is 29.4 Å². The van der Waals surface area contributed by atoms with E-state index in [0.717, 1.165) is 12.0 Å². The zero-order valence-corrected chi connectivity index (χ0v) is 11.1. The van der Waals surface area contributed by atoms with Crippen LogP contribution in [-0.4, -0.2) is 5.78 Å². The molecule has 3 atom stereocenters. The minimum atomic E-state index is -0.630. The Labute approximate surface area is 118 Å². The Kier molecular flexibility index (Phi) is 3.35. The van der Waals surface area contributed by atoms with Gasteiger partial charge >= 0.3 is 0 Å². The van der Waals surface area contributed by atoms with Crippen LogP contribution in [0.5, 0.6) is 0 Å². The number of nitriles is 1. The third-order valence-corrected chi connectivity index (χ3v) is 3.93. The number of Topliss-reactive ketones (excluding diaryl/α,β-unsaturated/α-hetero) is 1. The lowest BCUT2D eigenvalue weighted by atomic mass is 9.92. The number of rotatable bonds is 4. The summed E-state index contributed by atoms with van der Waals surface area (Å²) in [6.07, 6.45) is 0.869. The summed E-state index contributed by atoms with van der Waals surface area (Å²) < 4.78 is 0. The summed E-state index contributed by atoms with van der Waals surface area (Å²) in [6.45, 7) is 0. The maximum atomic E-state index is 12.5. The predicted molar refractivity (Wildman–Crippen MR) is 77.1 cm³/mol. The second kappa shape index (κ2) is 5.30. The van der Waals surface area contributed by atoms with Gasteiger partial charge in [0.25, 0.3) is 0 Å². The molecule has 3 rings (SSSR count). The van der Waals surface area contributed by atoms with Crippen molar-refractivity contribution in [2.24, 2.45) is 5.92 Å². The summed E-state index contributed by atoms with van der Waals surface area (Å²) in [6, 6.07) is 21.6. The zero-order chi connectivity index (χ0) is 13.9. The molecule has 98 valence electrons. The minimum absolute atomic E-state index is 0.00209. The van der Waals surface area contributed by atoms with Crippen molar-refractivity contribution >= 4 is 5.78 Å². The second-order valence-corrected chi connectivity index (χ2v) is 5.23. The Balaban J connectivity index is 1.76. The first-order chi connectivity index (χ1) is 9.81. The number of nitrogens with zero attached hydrogens (tertiary/aromatic N) is 1. The molecule has 1 aliphatic rings. The molecule has 0 spiro atoms. The van der Waals surface area contributed by atoms with Crippen LogP contribution in [0.2, 0.25) is 0 Å². The molecule has 0 radical (unpaired) electrons. The van der Waals surface area contributed by atoms with Crippen LogP contribution in [0.15, 0.2) is 60.7 Å². The van der Waals surface area contributed by atoms with Gasteiger partial charge in [0.05, 0.1) is 6.07 Å². The van der Waals surface area contributed by atoms with Gasteiger partial charge in [-0.3, -0.25) is 4.79 Å². The molecule has 0 bridgehead atoms. The van der Waals surface area contributed by atoms with E-state index in [9.17, 15) is 10.1 Å². The Bertz CT molecular complexity index is 642. The van der Waals surface area contributed by atoms with Gasteiger partial charge in [0.2, 0.25) is 0 Å². The topological polar surface area (TPSA) is 40.9 Å². The first-order valence-corrected chi connectivity index (χ1v) is 6.84. The highest BCUT2D eigenvalue weighted by atomic mass is 16.1. The number of hydrogen-bond donors (Lipinski definition) is 0. The van der Waals surface area contributed by atoms with E-state index in [4.69, 9.17) is 0 Å². The number of carbonyl (C=O) groups excluding carboxylic acids is 1. The molecule has 1 fully saturated rings. The van der Waals surface area contributed by atoms with E-state index in [1.54, 1.807) is 0 Å². The van der Waals surface area contributed by atoms with Crippen LogP contribution in [0, 0.1) is 17.2 Å². The van der Waals surface area contributed by atoms with Crippen molar-refractivity contribution in [3.63, 3.8) is 0 Å². The van der Waals surface area contributed by atoms with E-state index < -0.39 is 5.92 Å². The van der Waals surface area contributed by atoms with Crippen LogP contribution >= 0.6 is 0 Å². The maximum Gasteiger partial charge on any atom is 0.158 e. The van der Waals surface area contributed by atoms with Crippen molar-refractivity contribution in [2.45, 2.75) is 18.3 Å². The van der Waals surface area contributed by atoms with E-state index in [1.165, 1.54) is 5.56 Å². The van der Waals surface area contributed by atoms with Crippen molar-refractivity contribution in [1.29, 1.82) is 5.26 Å². The molecule has 20 heavy (non-hydrogen) atoms. The van der Waals surface area contributed by atoms with Gasteiger partial charge < -0.3 is 0 Å². The molecule has 2 aromatic rings. The highest BCUT2D eigenvalue weighted by Crippen LogP contribution is 2.49. The lowest BCUT2D eigenvalue weighted by molar-refractivity contribution is -0.120. The van der Waals surface area contributed by atoms with Gasteiger partial charge in [-0.2, -0.15) is 5.26 Å². The first-order valence-electron chi connectivity index (χ1n) is 6.84. The minimum Gasteiger partial charge on any atom is -0.298 e. The van der Waals surface area contributed by atoms with E-state index in [-0.39, 0.29) is 11.7 Å². The van der Waals surface area contributed by atoms with Gasteiger partial charge in [0.1, 0.15) is 5.92 Å². The molecule has 0 aromatic heterocycles. The standard InChI is InChI=1S/C18H15NO/c19-12-17(14-9-5-2-6-10-14)18(20)16-11-15(16)13-7-3-1-4-8-13/h1-10,15-17H,11H2. The summed E-state index contributed by atoms with van der Waals surface area (Å²) in [5, 5.41) is 9.31. The van der Waals surface area contributed by atoms with Crippen LogP contribution in [0.3, 0.4) is 0 Å². The van der Waals surface area contributed by atoms with Gasteiger partial charge in [-0.15, -0.1) is 0 Å². The van der Waals surface area contributed by atoms with Crippen molar-refractivity contribution in [3.8, 4) is 6.07 Å². The van der Waals surface area contributed by atoms with Crippen LogP contribution in [0.25, 0.3) is 0 Å². The number of carbonyl (C=O) groups is 1. The Hall–Kier alpha value is -2.40. The molecule has 0 N–H and O–H groups in total. The summed E-state index contributed by atoms with van der Waals surface area (Å²) in [5.74, 6) is -0.270. The summed E-state index contributed by atoms with van der Waals surface area (Å²) in [5.41, 5.74) is 2.01. The van der Waals surface area contributed by atoms with Crippen LogP contribution in [-0.2, 0) is 4.79 Å². The quantitative estimate of drug-likeness (QED) is 0.842. The lowest BCUT2D eigenvalue weighted by Crippen LogP contribution is -2.13. The molecule has 0 saturated heterocycles. The molecule has 0 aliphatic heterocycles. The second-order valence-electron chi connectivity index (χ2n) is 5.23. The normalized spacial score (nSPS) is 21.8. The highest BCUT2D eigenvalue weighted by molar-refractivity contribution is 5.93. The molecule has 2 nitrogen and oxygen atoms in total. The fourth-order valence-electron chi connectivity index (χ4n) is 2.74. The fraction of sp³-hybridized carbons (Fsp3) is 0.222. The van der Waals surface area contributed by atoms with E-state index in [2.05, 4.69) is 18.2 Å². The average Bonchev–Trinajstić information content (AvgIpc) is 3.30. The summed E-state index contributed by atoms with van der Waals surface area (Å²) in [7, 11) is 0. The van der Waals surface area contributed by atoms with Crippen molar-refractivity contribution < 1.29 is 4.79 Å². The first kappa shape index (κ1) is 12.6.